The summed E-state index contributed by atoms with van der Waals surface area (Å²) in [5, 5.41) is 3.66. The van der Waals surface area contributed by atoms with E-state index in [0.717, 1.165) is 12.5 Å². The molecular weight excluding hydrogens is 288 g/mol. The van der Waals surface area contributed by atoms with Crippen molar-refractivity contribution >= 4 is 11.8 Å². The molecule has 110 valence electrons. The van der Waals surface area contributed by atoms with Crippen LogP contribution in [0.15, 0.2) is 47.4 Å². The molecule has 0 aromatic heterocycles. The van der Waals surface area contributed by atoms with Crippen molar-refractivity contribution in [3.8, 4) is 0 Å². The van der Waals surface area contributed by atoms with Crippen molar-refractivity contribution in [1.29, 1.82) is 0 Å². The third kappa shape index (κ3) is 3.11. The van der Waals surface area contributed by atoms with Gasteiger partial charge < -0.3 is 5.32 Å². The van der Waals surface area contributed by atoms with Crippen molar-refractivity contribution in [2.75, 3.05) is 7.05 Å². The molecule has 0 fully saturated rings. The molecule has 1 N–H and O–H groups in total. The highest BCUT2D eigenvalue weighted by atomic mass is 32.2. The van der Waals surface area contributed by atoms with Crippen LogP contribution in [-0.2, 0) is 12.8 Å². The molecule has 0 bridgehead atoms. The monoisotopic (exact) mass is 305 g/mol. The molecule has 4 heteroatoms. The SMILES string of the molecule is CNC(Cc1ccc(F)cc1F)C1Cc2ccccc2S1. The van der Waals surface area contributed by atoms with E-state index in [0.29, 0.717) is 17.2 Å². The molecule has 0 amide bonds. The number of hydrogen-bond donors (Lipinski definition) is 1. The van der Waals surface area contributed by atoms with Gasteiger partial charge >= 0.3 is 0 Å². The molecule has 2 aromatic carbocycles. The minimum atomic E-state index is -0.528. The molecule has 0 saturated carbocycles. The van der Waals surface area contributed by atoms with Crippen LogP contribution in [0.4, 0.5) is 8.78 Å². The van der Waals surface area contributed by atoms with Crippen LogP contribution in [0.2, 0.25) is 0 Å². The van der Waals surface area contributed by atoms with Gasteiger partial charge in [0.1, 0.15) is 11.6 Å². The third-order valence-electron chi connectivity index (χ3n) is 3.95. The van der Waals surface area contributed by atoms with Crippen LogP contribution in [0.5, 0.6) is 0 Å². The van der Waals surface area contributed by atoms with E-state index in [-0.39, 0.29) is 6.04 Å². The van der Waals surface area contributed by atoms with Gasteiger partial charge in [-0.3, -0.25) is 0 Å². The fraction of sp³-hybridized carbons (Fsp3) is 0.294. The number of likely N-dealkylation sites (N-methyl/N-ethyl adjacent to an activating group) is 1. The van der Waals surface area contributed by atoms with E-state index >= 15 is 0 Å². The number of rotatable bonds is 4. The quantitative estimate of drug-likeness (QED) is 0.922. The molecule has 1 nitrogen and oxygen atoms in total. The first kappa shape index (κ1) is 14.5. The van der Waals surface area contributed by atoms with Crippen molar-refractivity contribution in [2.24, 2.45) is 0 Å². The van der Waals surface area contributed by atoms with Crippen LogP contribution in [0, 0.1) is 11.6 Å². The second-order valence-electron chi connectivity index (χ2n) is 5.30. The van der Waals surface area contributed by atoms with Gasteiger partial charge in [-0.15, -0.1) is 11.8 Å². The van der Waals surface area contributed by atoms with Gasteiger partial charge in [0.2, 0.25) is 0 Å². The molecule has 21 heavy (non-hydrogen) atoms. The van der Waals surface area contributed by atoms with E-state index in [9.17, 15) is 8.78 Å². The Morgan fingerprint density at radius 3 is 2.76 bits per heavy atom. The Labute approximate surface area is 127 Å². The summed E-state index contributed by atoms with van der Waals surface area (Å²) in [5.41, 5.74) is 1.92. The molecular formula is C17H17F2NS. The summed E-state index contributed by atoms with van der Waals surface area (Å²) < 4.78 is 26.8. The van der Waals surface area contributed by atoms with Crippen LogP contribution in [-0.4, -0.2) is 18.3 Å². The van der Waals surface area contributed by atoms with Crippen LogP contribution in [0.25, 0.3) is 0 Å². The van der Waals surface area contributed by atoms with E-state index in [1.165, 1.54) is 16.5 Å². The van der Waals surface area contributed by atoms with Crippen LogP contribution < -0.4 is 5.32 Å². The van der Waals surface area contributed by atoms with Gasteiger partial charge in [0.25, 0.3) is 0 Å². The van der Waals surface area contributed by atoms with E-state index in [4.69, 9.17) is 0 Å². The zero-order chi connectivity index (χ0) is 14.8. The van der Waals surface area contributed by atoms with E-state index in [2.05, 4.69) is 23.5 Å². The van der Waals surface area contributed by atoms with Crippen molar-refractivity contribution in [3.05, 3.63) is 65.2 Å². The van der Waals surface area contributed by atoms with Gasteiger partial charge in [-0.2, -0.15) is 0 Å². The first-order valence-electron chi connectivity index (χ1n) is 7.03. The number of hydrogen-bond acceptors (Lipinski definition) is 2. The van der Waals surface area contributed by atoms with Gasteiger partial charge in [-0.05, 0) is 43.1 Å². The number of benzene rings is 2. The maximum Gasteiger partial charge on any atom is 0.129 e. The molecule has 0 radical (unpaired) electrons. The lowest BCUT2D eigenvalue weighted by Gasteiger charge is -2.22. The van der Waals surface area contributed by atoms with Gasteiger partial charge in [0, 0.05) is 22.3 Å². The van der Waals surface area contributed by atoms with Crippen molar-refractivity contribution in [2.45, 2.75) is 29.0 Å². The number of thioether (sulfide) groups is 1. The minimum Gasteiger partial charge on any atom is -0.316 e. The van der Waals surface area contributed by atoms with Crippen LogP contribution in [0.1, 0.15) is 11.1 Å². The standard InChI is InChI=1S/C17H17F2NS/c1-20-15(8-11-6-7-13(18)10-14(11)19)17-9-12-4-2-3-5-16(12)21-17/h2-7,10,15,17,20H,8-9H2,1H3. The zero-order valence-corrected chi connectivity index (χ0v) is 12.6. The first-order chi connectivity index (χ1) is 10.2. The molecule has 1 aliphatic rings. The Morgan fingerprint density at radius 2 is 2.05 bits per heavy atom. The first-order valence-corrected chi connectivity index (χ1v) is 7.91. The molecule has 0 aliphatic carbocycles. The maximum absolute atomic E-state index is 13.8. The highest BCUT2D eigenvalue weighted by molar-refractivity contribution is 8.00. The van der Waals surface area contributed by atoms with Crippen LogP contribution >= 0.6 is 11.8 Å². The predicted molar refractivity (Wildman–Crippen MR) is 82.7 cm³/mol. The summed E-state index contributed by atoms with van der Waals surface area (Å²) in [6, 6.07) is 12.3. The Hall–Kier alpha value is -1.39. The number of halogens is 2. The molecule has 1 heterocycles. The normalized spacial score (nSPS) is 18.5. The number of nitrogens with one attached hydrogen (secondary N) is 1. The van der Waals surface area contributed by atoms with Gasteiger partial charge in [-0.1, -0.05) is 24.3 Å². The lowest BCUT2D eigenvalue weighted by Crippen LogP contribution is -2.37. The molecule has 2 unspecified atom stereocenters. The fourth-order valence-electron chi connectivity index (χ4n) is 2.78. The summed E-state index contributed by atoms with van der Waals surface area (Å²) in [4.78, 5) is 1.31. The van der Waals surface area contributed by atoms with Gasteiger partial charge in [-0.25, -0.2) is 8.78 Å². The largest absolute Gasteiger partial charge is 0.316 e. The summed E-state index contributed by atoms with van der Waals surface area (Å²) in [7, 11) is 1.90. The van der Waals surface area contributed by atoms with E-state index in [1.54, 1.807) is 6.07 Å². The highest BCUT2D eigenvalue weighted by Gasteiger charge is 2.29. The second-order valence-corrected chi connectivity index (χ2v) is 6.58. The highest BCUT2D eigenvalue weighted by Crippen LogP contribution is 2.39. The molecule has 2 aromatic rings. The smallest absolute Gasteiger partial charge is 0.129 e. The van der Waals surface area contributed by atoms with E-state index in [1.807, 2.05) is 24.9 Å². The Balaban J connectivity index is 1.75. The lowest BCUT2D eigenvalue weighted by molar-refractivity contribution is 0.513. The maximum atomic E-state index is 13.8. The Bertz CT molecular complexity index is 619. The fourth-order valence-corrected chi connectivity index (χ4v) is 4.22. The second kappa shape index (κ2) is 6.16. The predicted octanol–water partition coefficient (Wildman–Crippen LogP) is 3.81. The average Bonchev–Trinajstić information content (AvgIpc) is 2.90. The van der Waals surface area contributed by atoms with Crippen molar-refractivity contribution < 1.29 is 8.78 Å². The molecule has 3 rings (SSSR count). The topological polar surface area (TPSA) is 12.0 Å². The lowest BCUT2D eigenvalue weighted by atomic mass is 9.98. The Kier molecular flexibility index (Phi) is 4.27. The molecule has 0 spiro atoms. The average molecular weight is 305 g/mol. The van der Waals surface area contributed by atoms with Crippen LogP contribution in [0.3, 0.4) is 0 Å². The summed E-state index contributed by atoms with van der Waals surface area (Å²) >= 11 is 1.84. The molecule has 2 atom stereocenters. The summed E-state index contributed by atoms with van der Waals surface area (Å²) in [6.45, 7) is 0. The molecule has 0 saturated heterocycles. The summed E-state index contributed by atoms with van der Waals surface area (Å²) in [6.07, 6.45) is 1.55. The molecule has 1 aliphatic heterocycles. The Morgan fingerprint density at radius 1 is 1.24 bits per heavy atom. The summed E-state index contributed by atoms with van der Waals surface area (Å²) in [5.74, 6) is -0.990. The minimum absolute atomic E-state index is 0.155. The van der Waals surface area contributed by atoms with Gasteiger partial charge in [0.05, 0.1) is 0 Å². The third-order valence-corrected chi connectivity index (χ3v) is 5.40. The van der Waals surface area contributed by atoms with Crippen molar-refractivity contribution in [1.82, 2.24) is 5.32 Å². The van der Waals surface area contributed by atoms with E-state index < -0.39 is 11.6 Å². The zero-order valence-electron chi connectivity index (χ0n) is 11.8. The van der Waals surface area contributed by atoms with Gasteiger partial charge in [0.15, 0.2) is 0 Å². The van der Waals surface area contributed by atoms with Crippen molar-refractivity contribution in [3.63, 3.8) is 0 Å². The number of fused-ring (bicyclic) bond motifs is 1.